The lowest BCUT2D eigenvalue weighted by atomic mass is 9.54. The molecule has 0 N–H and O–H groups in total. The lowest BCUT2D eigenvalue weighted by Gasteiger charge is -2.56. The first-order valence-corrected chi connectivity index (χ1v) is 7.97. The van der Waals surface area contributed by atoms with Crippen LogP contribution >= 0.6 is 0 Å². The molecule has 4 aliphatic rings. The quantitative estimate of drug-likeness (QED) is 0.617. The molecule has 112 valence electrons. The number of hydrogen-bond acceptors (Lipinski definition) is 3. The Labute approximate surface area is 124 Å². The molecule has 4 saturated carbocycles. The molecule has 4 nitrogen and oxygen atoms in total. The summed E-state index contributed by atoms with van der Waals surface area (Å²) in [6, 6.07) is 4.96. The molecule has 1 aromatic rings. The van der Waals surface area contributed by atoms with Gasteiger partial charge in [0.05, 0.1) is 4.92 Å². The summed E-state index contributed by atoms with van der Waals surface area (Å²) >= 11 is 0. The van der Waals surface area contributed by atoms with Crippen LogP contribution in [-0.2, 0) is 0 Å². The number of ether oxygens (including phenoxy) is 1. The Morgan fingerprint density at radius 1 is 1.14 bits per heavy atom. The number of hydrogen-bond donors (Lipinski definition) is 0. The van der Waals surface area contributed by atoms with E-state index in [1.54, 1.807) is 18.2 Å². The summed E-state index contributed by atoms with van der Waals surface area (Å²) in [6.07, 6.45) is 7.70. The minimum atomic E-state index is -0.346. The molecule has 0 amide bonds. The summed E-state index contributed by atoms with van der Waals surface area (Å²) in [5.74, 6) is 3.36. The molecule has 4 bridgehead atoms. The first-order chi connectivity index (χ1) is 10.0. The van der Waals surface area contributed by atoms with Crippen LogP contribution in [-0.4, -0.2) is 10.5 Å². The molecule has 5 rings (SSSR count). The third-order valence-corrected chi connectivity index (χ3v) is 5.68. The van der Waals surface area contributed by atoms with E-state index in [4.69, 9.17) is 4.74 Å². The third-order valence-electron chi connectivity index (χ3n) is 5.68. The van der Waals surface area contributed by atoms with Gasteiger partial charge in [-0.1, -0.05) is 0 Å². The Morgan fingerprint density at radius 3 is 2.19 bits per heavy atom. The minimum Gasteiger partial charge on any atom is -0.487 e. The van der Waals surface area contributed by atoms with Crippen molar-refractivity contribution in [1.29, 1.82) is 0 Å². The van der Waals surface area contributed by atoms with E-state index in [0.717, 1.165) is 29.1 Å². The van der Waals surface area contributed by atoms with Crippen LogP contribution in [0.15, 0.2) is 18.2 Å². The SMILES string of the molecule is Cc1cc([N+](=O)[O-])ccc1OC12CC3CC(CC(C3)C1)C2. The van der Waals surface area contributed by atoms with E-state index in [-0.39, 0.29) is 16.2 Å². The molecule has 0 spiro atoms. The fraction of sp³-hybridized carbons (Fsp3) is 0.647. The Morgan fingerprint density at radius 2 is 1.71 bits per heavy atom. The van der Waals surface area contributed by atoms with Gasteiger partial charge >= 0.3 is 0 Å². The predicted octanol–water partition coefficient (Wildman–Crippen LogP) is 4.25. The molecule has 4 heteroatoms. The Bertz CT molecular complexity index is 560. The molecule has 4 aliphatic carbocycles. The summed E-state index contributed by atoms with van der Waals surface area (Å²) in [5, 5.41) is 10.8. The smallest absolute Gasteiger partial charge is 0.269 e. The highest BCUT2D eigenvalue weighted by molar-refractivity contribution is 5.43. The molecule has 0 unspecified atom stereocenters. The summed E-state index contributed by atoms with van der Waals surface area (Å²) in [7, 11) is 0. The van der Waals surface area contributed by atoms with E-state index in [2.05, 4.69) is 0 Å². The second kappa shape index (κ2) is 4.46. The van der Waals surface area contributed by atoms with Gasteiger partial charge in [-0.3, -0.25) is 10.1 Å². The van der Waals surface area contributed by atoms with Gasteiger partial charge in [-0.15, -0.1) is 0 Å². The molecule has 0 radical (unpaired) electrons. The van der Waals surface area contributed by atoms with Crippen LogP contribution < -0.4 is 4.74 Å². The maximum absolute atomic E-state index is 10.8. The van der Waals surface area contributed by atoms with Crippen LogP contribution in [0.3, 0.4) is 0 Å². The second-order valence-corrected chi connectivity index (χ2v) is 7.41. The van der Waals surface area contributed by atoms with Crippen molar-refractivity contribution in [1.82, 2.24) is 0 Å². The van der Waals surface area contributed by atoms with Crippen molar-refractivity contribution < 1.29 is 9.66 Å². The Balaban J connectivity index is 1.60. The van der Waals surface area contributed by atoms with E-state index in [9.17, 15) is 10.1 Å². The largest absolute Gasteiger partial charge is 0.487 e. The molecular formula is C17H21NO3. The van der Waals surface area contributed by atoms with Gasteiger partial charge in [0.1, 0.15) is 11.4 Å². The van der Waals surface area contributed by atoms with Gasteiger partial charge in [0.25, 0.3) is 5.69 Å². The van der Waals surface area contributed by atoms with Crippen LogP contribution in [0.5, 0.6) is 5.75 Å². The van der Waals surface area contributed by atoms with Crippen LogP contribution in [0.25, 0.3) is 0 Å². The van der Waals surface area contributed by atoms with Gasteiger partial charge in [0, 0.05) is 12.1 Å². The lowest BCUT2D eigenvalue weighted by Crippen LogP contribution is -2.53. The van der Waals surface area contributed by atoms with Gasteiger partial charge in [-0.2, -0.15) is 0 Å². The van der Waals surface area contributed by atoms with E-state index in [1.165, 1.54) is 38.5 Å². The van der Waals surface area contributed by atoms with Gasteiger partial charge < -0.3 is 4.74 Å². The zero-order chi connectivity index (χ0) is 14.6. The highest BCUT2D eigenvalue weighted by Gasteiger charge is 2.52. The van der Waals surface area contributed by atoms with Gasteiger partial charge in [0.15, 0.2) is 0 Å². The van der Waals surface area contributed by atoms with E-state index >= 15 is 0 Å². The van der Waals surface area contributed by atoms with Crippen molar-refractivity contribution in [3.8, 4) is 5.75 Å². The van der Waals surface area contributed by atoms with Crippen LogP contribution in [0, 0.1) is 34.8 Å². The van der Waals surface area contributed by atoms with Crippen LogP contribution in [0.1, 0.15) is 44.1 Å². The lowest BCUT2D eigenvalue weighted by molar-refractivity contribution is -0.384. The molecular weight excluding hydrogens is 266 g/mol. The molecule has 0 aromatic heterocycles. The normalized spacial score (nSPS) is 36.7. The summed E-state index contributed by atoms with van der Waals surface area (Å²) in [5.41, 5.74) is 1.03. The van der Waals surface area contributed by atoms with Gasteiger partial charge in [-0.05, 0) is 74.8 Å². The van der Waals surface area contributed by atoms with Gasteiger partial charge in [-0.25, -0.2) is 0 Å². The Kier molecular flexibility index (Phi) is 2.78. The monoisotopic (exact) mass is 287 g/mol. The first-order valence-electron chi connectivity index (χ1n) is 7.97. The number of aryl methyl sites for hydroxylation is 1. The van der Waals surface area contributed by atoms with E-state index in [1.807, 2.05) is 6.92 Å². The average Bonchev–Trinajstić information content (AvgIpc) is 2.39. The van der Waals surface area contributed by atoms with E-state index < -0.39 is 0 Å². The minimum absolute atomic E-state index is 0.00957. The molecule has 4 fully saturated rings. The first kappa shape index (κ1) is 13.1. The Hall–Kier alpha value is -1.58. The maximum Gasteiger partial charge on any atom is 0.269 e. The molecule has 0 heterocycles. The van der Waals surface area contributed by atoms with Crippen molar-refractivity contribution in [2.75, 3.05) is 0 Å². The van der Waals surface area contributed by atoms with Crippen molar-refractivity contribution in [2.24, 2.45) is 17.8 Å². The van der Waals surface area contributed by atoms with Gasteiger partial charge in [0.2, 0.25) is 0 Å². The molecule has 0 aliphatic heterocycles. The highest BCUT2D eigenvalue weighted by Crippen LogP contribution is 2.57. The number of nitrogens with zero attached hydrogens (tertiary/aromatic N) is 1. The molecule has 0 atom stereocenters. The number of rotatable bonds is 3. The zero-order valence-corrected chi connectivity index (χ0v) is 12.4. The van der Waals surface area contributed by atoms with Crippen molar-refractivity contribution in [3.63, 3.8) is 0 Å². The molecule has 1 aromatic carbocycles. The number of nitro groups is 1. The highest BCUT2D eigenvalue weighted by atomic mass is 16.6. The summed E-state index contributed by atoms with van der Waals surface area (Å²) in [6.45, 7) is 1.91. The average molecular weight is 287 g/mol. The van der Waals surface area contributed by atoms with Crippen molar-refractivity contribution in [2.45, 2.75) is 51.0 Å². The standard InChI is InChI=1S/C17H21NO3/c1-11-4-15(18(19)20)2-3-16(11)21-17-8-12-5-13(9-17)7-14(6-12)10-17/h2-4,12-14H,5-10H2,1H3. The molecule has 0 saturated heterocycles. The third kappa shape index (κ3) is 2.21. The second-order valence-electron chi connectivity index (χ2n) is 7.41. The zero-order valence-electron chi connectivity index (χ0n) is 12.4. The van der Waals surface area contributed by atoms with Crippen molar-refractivity contribution in [3.05, 3.63) is 33.9 Å². The topological polar surface area (TPSA) is 52.4 Å². The maximum atomic E-state index is 10.8. The summed E-state index contributed by atoms with van der Waals surface area (Å²) in [4.78, 5) is 10.5. The molecule has 21 heavy (non-hydrogen) atoms. The fourth-order valence-electron chi connectivity index (χ4n) is 5.25. The van der Waals surface area contributed by atoms with Crippen LogP contribution in [0.2, 0.25) is 0 Å². The van der Waals surface area contributed by atoms with E-state index in [0.29, 0.717) is 0 Å². The number of non-ortho nitro benzene ring substituents is 1. The number of nitro benzene ring substituents is 1. The van der Waals surface area contributed by atoms with Crippen molar-refractivity contribution >= 4 is 5.69 Å². The number of benzene rings is 1. The predicted molar refractivity (Wildman–Crippen MR) is 79.4 cm³/mol. The van der Waals surface area contributed by atoms with Crippen LogP contribution in [0.4, 0.5) is 5.69 Å². The summed E-state index contributed by atoms with van der Waals surface area (Å²) < 4.78 is 6.46. The fourth-order valence-corrected chi connectivity index (χ4v) is 5.25.